The molecule has 1 aliphatic heterocycles. The molecule has 1 fully saturated rings. The van der Waals surface area contributed by atoms with Crippen LogP contribution in [0.1, 0.15) is 27.7 Å². The van der Waals surface area contributed by atoms with Gasteiger partial charge in [-0.05, 0) is 27.3 Å². The standard InChI is InChI=1S/C13H24N2O4/c1-5-14-10-8-19-7-9(10)12(18)15(6-11(16)17)13(2,3)4/h9-10,14H,5-8H2,1-4H3,(H,16,17). The molecule has 0 spiro atoms. The molecule has 1 aliphatic rings. The number of hydrogen-bond donors (Lipinski definition) is 2. The highest BCUT2D eigenvalue weighted by Gasteiger charge is 2.39. The van der Waals surface area contributed by atoms with Gasteiger partial charge in [-0.1, -0.05) is 6.92 Å². The lowest BCUT2D eigenvalue weighted by molar-refractivity contribution is -0.150. The Hall–Kier alpha value is -1.14. The number of ether oxygens (including phenoxy) is 1. The Bertz CT molecular complexity index is 338. The van der Waals surface area contributed by atoms with E-state index >= 15 is 0 Å². The fraction of sp³-hybridized carbons (Fsp3) is 0.846. The second kappa shape index (κ2) is 6.34. The summed E-state index contributed by atoms with van der Waals surface area (Å²) in [5, 5.41) is 12.2. The zero-order valence-electron chi connectivity index (χ0n) is 12.1. The Labute approximate surface area is 114 Å². The molecular weight excluding hydrogens is 248 g/mol. The van der Waals surface area contributed by atoms with Gasteiger partial charge in [-0.25, -0.2) is 0 Å². The Kier molecular flexibility index (Phi) is 5.31. The highest BCUT2D eigenvalue weighted by molar-refractivity contribution is 5.84. The molecule has 0 aromatic rings. The van der Waals surface area contributed by atoms with Crippen LogP contribution in [0.5, 0.6) is 0 Å². The first kappa shape index (κ1) is 15.9. The Morgan fingerprint density at radius 3 is 2.47 bits per heavy atom. The molecule has 19 heavy (non-hydrogen) atoms. The van der Waals surface area contributed by atoms with E-state index in [4.69, 9.17) is 9.84 Å². The molecule has 2 unspecified atom stereocenters. The van der Waals surface area contributed by atoms with E-state index in [-0.39, 0.29) is 24.4 Å². The van der Waals surface area contributed by atoms with Gasteiger partial charge in [0.1, 0.15) is 6.54 Å². The van der Waals surface area contributed by atoms with E-state index in [0.29, 0.717) is 13.2 Å². The minimum atomic E-state index is -0.998. The van der Waals surface area contributed by atoms with Crippen molar-refractivity contribution >= 4 is 11.9 Å². The monoisotopic (exact) mass is 272 g/mol. The number of aliphatic carboxylic acids is 1. The number of carbonyl (C=O) groups is 2. The first-order valence-corrected chi connectivity index (χ1v) is 6.61. The third kappa shape index (κ3) is 4.18. The molecule has 0 aliphatic carbocycles. The first-order valence-electron chi connectivity index (χ1n) is 6.61. The maximum atomic E-state index is 12.6. The van der Waals surface area contributed by atoms with Crippen LogP contribution in [0.4, 0.5) is 0 Å². The molecule has 0 aromatic carbocycles. The smallest absolute Gasteiger partial charge is 0.323 e. The summed E-state index contributed by atoms with van der Waals surface area (Å²) in [6, 6.07) is -0.0313. The van der Waals surface area contributed by atoms with Gasteiger partial charge in [0.15, 0.2) is 0 Å². The molecule has 0 saturated carbocycles. The molecule has 6 heteroatoms. The summed E-state index contributed by atoms with van der Waals surface area (Å²) in [5.74, 6) is -1.46. The van der Waals surface area contributed by atoms with Crippen LogP contribution in [0.2, 0.25) is 0 Å². The molecule has 2 N–H and O–H groups in total. The number of carbonyl (C=O) groups excluding carboxylic acids is 1. The average molecular weight is 272 g/mol. The Morgan fingerprint density at radius 2 is 2.00 bits per heavy atom. The van der Waals surface area contributed by atoms with Crippen LogP contribution in [0.25, 0.3) is 0 Å². The number of likely N-dealkylation sites (N-methyl/N-ethyl adjacent to an activating group) is 1. The molecule has 2 atom stereocenters. The molecule has 0 radical (unpaired) electrons. The number of carboxylic acids is 1. The maximum Gasteiger partial charge on any atom is 0.323 e. The first-order chi connectivity index (χ1) is 8.77. The second-order valence-corrected chi connectivity index (χ2v) is 5.80. The quantitative estimate of drug-likeness (QED) is 0.753. The molecule has 0 aromatic heterocycles. The van der Waals surface area contributed by atoms with Crippen LogP contribution < -0.4 is 5.32 Å². The zero-order valence-corrected chi connectivity index (χ0v) is 12.1. The maximum absolute atomic E-state index is 12.6. The van der Waals surface area contributed by atoms with E-state index in [0.717, 1.165) is 6.54 Å². The van der Waals surface area contributed by atoms with Crippen molar-refractivity contribution in [2.75, 3.05) is 26.3 Å². The summed E-state index contributed by atoms with van der Waals surface area (Å²) in [6.45, 7) is 8.81. The van der Waals surface area contributed by atoms with E-state index in [1.165, 1.54) is 4.90 Å². The van der Waals surface area contributed by atoms with Crippen LogP contribution >= 0.6 is 0 Å². The van der Waals surface area contributed by atoms with Crippen molar-refractivity contribution in [2.24, 2.45) is 5.92 Å². The number of nitrogens with zero attached hydrogens (tertiary/aromatic N) is 1. The van der Waals surface area contributed by atoms with E-state index in [1.54, 1.807) is 0 Å². The number of carboxylic acid groups (broad SMARTS) is 1. The van der Waals surface area contributed by atoms with E-state index in [9.17, 15) is 9.59 Å². The Morgan fingerprint density at radius 1 is 1.37 bits per heavy atom. The van der Waals surface area contributed by atoms with Crippen molar-refractivity contribution in [1.82, 2.24) is 10.2 Å². The van der Waals surface area contributed by atoms with Crippen molar-refractivity contribution < 1.29 is 19.4 Å². The van der Waals surface area contributed by atoms with Gasteiger partial charge < -0.3 is 20.1 Å². The molecular formula is C13H24N2O4. The summed E-state index contributed by atoms with van der Waals surface area (Å²) in [6.07, 6.45) is 0. The summed E-state index contributed by atoms with van der Waals surface area (Å²) in [7, 11) is 0. The van der Waals surface area contributed by atoms with Gasteiger partial charge in [-0.15, -0.1) is 0 Å². The lowest BCUT2D eigenvalue weighted by Gasteiger charge is -2.37. The summed E-state index contributed by atoms with van der Waals surface area (Å²) in [4.78, 5) is 24.9. The topological polar surface area (TPSA) is 78.9 Å². The number of hydrogen-bond acceptors (Lipinski definition) is 4. The van der Waals surface area contributed by atoms with Crippen molar-refractivity contribution in [3.05, 3.63) is 0 Å². The van der Waals surface area contributed by atoms with Crippen LogP contribution in [-0.4, -0.2) is 59.8 Å². The normalized spacial score (nSPS) is 23.4. The van der Waals surface area contributed by atoms with Gasteiger partial charge in [0.2, 0.25) is 5.91 Å². The number of amides is 1. The highest BCUT2D eigenvalue weighted by Crippen LogP contribution is 2.22. The molecule has 1 rings (SSSR count). The minimum absolute atomic E-state index is 0.0313. The lowest BCUT2D eigenvalue weighted by Crippen LogP contribution is -2.54. The van der Waals surface area contributed by atoms with Crippen LogP contribution in [0, 0.1) is 5.92 Å². The molecule has 1 amide bonds. The largest absolute Gasteiger partial charge is 0.480 e. The summed E-state index contributed by atoms with van der Waals surface area (Å²) >= 11 is 0. The van der Waals surface area contributed by atoms with Gasteiger partial charge >= 0.3 is 5.97 Å². The third-order valence-electron chi connectivity index (χ3n) is 3.23. The summed E-state index contributed by atoms with van der Waals surface area (Å²) < 4.78 is 5.35. The van der Waals surface area contributed by atoms with Crippen molar-refractivity contribution in [3.63, 3.8) is 0 Å². The van der Waals surface area contributed by atoms with Crippen molar-refractivity contribution in [1.29, 1.82) is 0 Å². The van der Waals surface area contributed by atoms with Crippen LogP contribution in [-0.2, 0) is 14.3 Å². The summed E-state index contributed by atoms with van der Waals surface area (Å²) in [5.41, 5.74) is -0.519. The van der Waals surface area contributed by atoms with E-state index < -0.39 is 11.5 Å². The molecule has 1 heterocycles. The zero-order chi connectivity index (χ0) is 14.6. The highest BCUT2D eigenvalue weighted by atomic mass is 16.5. The molecule has 6 nitrogen and oxygen atoms in total. The van der Waals surface area contributed by atoms with Gasteiger partial charge in [0, 0.05) is 11.6 Å². The molecule has 110 valence electrons. The van der Waals surface area contributed by atoms with Crippen LogP contribution in [0.15, 0.2) is 0 Å². The number of nitrogens with one attached hydrogen (secondary N) is 1. The SMILES string of the molecule is CCNC1COCC1C(=O)N(CC(=O)O)C(C)(C)C. The van der Waals surface area contributed by atoms with Gasteiger partial charge in [-0.2, -0.15) is 0 Å². The number of rotatable bonds is 5. The van der Waals surface area contributed by atoms with Gasteiger partial charge in [0.05, 0.1) is 19.1 Å². The van der Waals surface area contributed by atoms with E-state index in [2.05, 4.69) is 5.32 Å². The van der Waals surface area contributed by atoms with Crippen LogP contribution in [0.3, 0.4) is 0 Å². The average Bonchev–Trinajstić information content (AvgIpc) is 2.72. The predicted octanol–water partition coefficient (Wildman–Crippen LogP) is 0.323. The van der Waals surface area contributed by atoms with Gasteiger partial charge in [-0.3, -0.25) is 9.59 Å². The predicted molar refractivity (Wildman–Crippen MR) is 70.9 cm³/mol. The second-order valence-electron chi connectivity index (χ2n) is 5.80. The minimum Gasteiger partial charge on any atom is -0.480 e. The fourth-order valence-corrected chi connectivity index (χ4v) is 2.24. The molecule has 1 saturated heterocycles. The lowest BCUT2D eigenvalue weighted by atomic mass is 9.97. The Balaban J connectivity index is 2.84. The van der Waals surface area contributed by atoms with Crippen molar-refractivity contribution in [3.8, 4) is 0 Å². The third-order valence-corrected chi connectivity index (χ3v) is 3.23. The molecule has 0 bridgehead atoms. The van der Waals surface area contributed by atoms with Gasteiger partial charge in [0.25, 0.3) is 0 Å². The van der Waals surface area contributed by atoms with Crippen molar-refractivity contribution in [2.45, 2.75) is 39.3 Å². The fourth-order valence-electron chi connectivity index (χ4n) is 2.24. The van der Waals surface area contributed by atoms with E-state index in [1.807, 2.05) is 27.7 Å².